The van der Waals surface area contributed by atoms with Crippen LogP contribution in [0.2, 0.25) is 5.02 Å². The van der Waals surface area contributed by atoms with Gasteiger partial charge in [-0.1, -0.05) is 37.1 Å². The molecule has 0 saturated carbocycles. The first kappa shape index (κ1) is 12.3. The molecule has 0 aliphatic carbocycles. The van der Waals surface area contributed by atoms with Gasteiger partial charge in [-0.3, -0.25) is 0 Å². The molecule has 0 atom stereocenters. The second-order valence-corrected chi connectivity index (χ2v) is 4.62. The van der Waals surface area contributed by atoms with Gasteiger partial charge in [0.15, 0.2) is 5.82 Å². The fraction of sp³-hybridized carbons (Fsp3) is 0.333. The van der Waals surface area contributed by atoms with Gasteiger partial charge in [-0.15, -0.1) is 5.10 Å². The zero-order chi connectivity index (χ0) is 12.3. The maximum absolute atomic E-state index is 5.97. The van der Waals surface area contributed by atoms with Crippen molar-refractivity contribution in [3.8, 4) is 11.4 Å². The van der Waals surface area contributed by atoms with Crippen LogP contribution in [0, 0.1) is 0 Å². The topological polar surface area (TPSA) is 30.7 Å². The van der Waals surface area contributed by atoms with E-state index < -0.39 is 0 Å². The van der Waals surface area contributed by atoms with Crippen LogP contribution in [0.25, 0.3) is 11.4 Å². The maximum atomic E-state index is 5.97. The number of unbranched alkanes of at least 4 members (excludes halogenated alkanes) is 1. The Bertz CT molecular complexity index is 510. The van der Waals surface area contributed by atoms with Crippen LogP contribution in [0.4, 0.5) is 0 Å². The van der Waals surface area contributed by atoms with Crippen molar-refractivity contribution in [3.63, 3.8) is 0 Å². The molecular weight excluding hydrogens is 254 g/mol. The molecule has 1 aromatic carbocycles. The van der Waals surface area contributed by atoms with Gasteiger partial charge in [0, 0.05) is 22.3 Å². The standard InChI is InChI=1S/C12H14ClN3S/c1-2-3-7-16-11(14-15-12(16)17)9-5-4-6-10(13)8-9/h4-6,8H,2-3,7H2,1H3,(H,15,17)/p-1. The van der Waals surface area contributed by atoms with Crippen molar-refractivity contribution < 1.29 is 0 Å². The lowest BCUT2D eigenvalue weighted by molar-refractivity contribution is 0.592. The lowest BCUT2D eigenvalue weighted by Gasteiger charge is -2.12. The summed E-state index contributed by atoms with van der Waals surface area (Å²) in [7, 11) is 0. The van der Waals surface area contributed by atoms with Gasteiger partial charge in [0.1, 0.15) is 0 Å². The van der Waals surface area contributed by atoms with E-state index in [1.165, 1.54) is 0 Å². The van der Waals surface area contributed by atoms with E-state index in [1.807, 2.05) is 28.8 Å². The second-order valence-electron chi connectivity index (χ2n) is 3.82. The highest BCUT2D eigenvalue weighted by Crippen LogP contribution is 2.22. The van der Waals surface area contributed by atoms with E-state index in [-0.39, 0.29) is 0 Å². The number of nitrogens with zero attached hydrogens (tertiary/aromatic N) is 3. The molecule has 90 valence electrons. The van der Waals surface area contributed by atoms with Gasteiger partial charge >= 0.3 is 0 Å². The molecule has 0 aliphatic rings. The molecule has 0 aliphatic heterocycles. The van der Waals surface area contributed by atoms with E-state index in [0.29, 0.717) is 10.2 Å². The molecule has 1 aromatic heterocycles. The monoisotopic (exact) mass is 266 g/mol. The van der Waals surface area contributed by atoms with Gasteiger partial charge in [0.05, 0.1) is 0 Å². The Kier molecular flexibility index (Phi) is 3.97. The molecule has 5 heteroatoms. The zero-order valence-electron chi connectivity index (χ0n) is 9.56. The summed E-state index contributed by atoms with van der Waals surface area (Å²) in [6, 6.07) is 7.59. The Balaban J connectivity index is 2.38. The number of rotatable bonds is 4. The predicted octanol–water partition coefficient (Wildman–Crippen LogP) is 3.30. The summed E-state index contributed by atoms with van der Waals surface area (Å²) in [5.41, 5.74) is 0.956. The van der Waals surface area contributed by atoms with E-state index in [2.05, 4.69) is 17.1 Å². The summed E-state index contributed by atoms with van der Waals surface area (Å²) in [4.78, 5) is 0. The molecule has 0 amide bonds. The van der Waals surface area contributed by atoms with Crippen molar-refractivity contribution >= 4 is 24.2 Å². The Labute approximate surface area is 111 Å². The summed E-state index contributed by atoms with van der Waals surface area (Å²) < 4.78 is 1.96. The minimum Gasteiger partial charge on any atom is -0.740 e. The Morgan fingerprint density at radius 3 is 2.88 bits per heavy atom. The molecule has 1 heterocycles. The number of benzene rings is 1. The second kappa shape index (κ2) is 5.47. The van der Waals surface area contributed by atoms with Crippen LogP contribution in [-0.4, -0.2) is 14.8 Å². The van der Waals surface area contributed by atoms with Gasteiger partial charge < -0.3 is 17.2 Å². The van der Waals surface area contributed by atoms with Crippen LogP contribution in [0.1, 0.15) is 19.8 Å². The molecule has 2 rings (SSSR count). The van der Waals surface area contributed by atoms with Crippen molar-refractivity contribution in [1.82, 2.24) is 14.8 Å². The maximum Gasteiger partial charge on any atom is 0.162 e. The van der Waals surface area contributed by atoms with Gasteiger partial charge in [-0.05, 0) is 18.6 Å². The van der Waals surface area contributed by atoms with Crippen LogP contribution in [0.3, 0.4) is 0 Å². The van der Waals surface area contributed by atoms with Gasteiger partial charge in [-0.25, -0.2) is 0 Å². The summed E-state index contributed by atoms with van der Waals surface area (Å²) in [6.07, 6.45) is 2.18. The van der Waals surface area contributed by atoms with Gasteiger partial charge in [0.2, 0.25) is 0 Å². The van der Waals surface area contributed by atoms with Crippen LogP contribution >= 0.6 is 11.6 Å². The van der Waals surface area contributed by atoms with E-state index in [9.17, 15) is 0 Å². The summed E-state index contributed by atoms with van der Waals surface area (Å²) >= 11 is 11.2. The minimum atomic E-state index is 0.536. The van der Waals surface area contributed by atoms with Crippen LogP contribution in [0.5, 0.6) is 0 Å². The first-order valence-corrected chi connectivity index (χ1v) is 6.37. The highest BCUT2D eigenvalue weighted by molar-refractivity contribution is 7.58. The average molecular weight is 267 g/mol. The van der Waals surface area contributed by atoms with Crippen molar-refractivity contribution in [2.75, 3.05) is 0 Å². The number of aromatic nitrogens is 3. The normalized spacial score (nSPS) is 10.7. The molecule has 3 nitrogen and oxygen atoms in total. The third-order valence-electron chi connectivity index (χ3n) is 2.53. The van der Waals surface area contributed by atoms with E-state index in [4.69, 9.17) is 24.2 Å². The molecule has 0 fully saturated rings. The third-order valence-corrected chi connectivity index (χ3v) is 3.07. The third kappa shape index (κ3) is 2.76. The van der Waals surface area contributed by atoms with Crippen molar-refractivity contribution in [2.24, 2.45) is 0 Å². The zero-order valence-corrected chi connectivity index (χ0v) is 11.1. The first-order chi connectivity index (χ1) is 8.22. The molecular formula is C12H13ClN3S-. The van der Waals surface area contributed by atoms with Crippen LogP contribution in [0.15, 0.2) is 29.4 Å². The Morgan fingerprint density at radius 2 is 2.18 bits per heavy atom. The highest BCUT2D eigenvalue weighted by atomic mass is 35.5. The average Bonchev–Trinajstić information content (AvgIpc) is 2.68. The van der Waals surface area contributed by atoms with Crippen molar-refractivity contribution in [3.05, 3.63) is 29.3 Å². The summed E-state index contributed by atoms with van der Waals surface area (Å²) in [5.74, 6) is 0.797. The Hall–Kier alpha value is -1.13. The molecule has 0 unspecified atom stereocenters. The molecule has 0 N–H and O–H groups in total. The van der Waals surface area contributed by atoms with E-state index in [1.54, 1.807) is 0 Å². The van der Waals surface area contributed by atoms with E-state index >= 15 is 0 Å². The highest BCUT2D eigenvalue weighted by Gasteiger charge is 2.07. The quantitative estimate of drug-likeness (QED) is 0.796. The number of hydrogen-bond acceptors (Lipinski definition) is 3. The lowest BCUT2D eigenvalue weighted by atomic mass is 10.2. The number of halogens is 1. The van der Waals surface area contributed by atoms with Crippen LogP contribution < -0.4 is 0 Å². The van der Waals surface area contributed by atoms with E-state index in [0.717, 1.165) is 30.8 Å². The Morgan fingerprint density at radius 1 is 1.35 bits per heavy atom. The fourth-order valence-electron chi connectivity index (χ4n) is 1.65. The predicted molar refractivity (Wildman–Crippen MR) is 71.0 cm³/mol. The fourth-order valence-corrected chi connectivity index (χ4v) is 2.06. The molecule has 0 bridgehead atoms. The molecule has 17 heavy (non-hydrogen) atoms. The summed E-state index contributed by atoms with van der Waals surface area (Å²) in [5, 5.41) is 9.32. The lowest BCUT2D eigenvalue weighted by Crippen LogP contribution is -2.02. The smallest absolute Gasteiger partial charge is 0.162 e. The molecule has 0 radical (unpaired) electrons. The molecule has 2 aromatic rings. The summed E-state index contributed by atoms with van der Waals surface area (Å²) in [6.45, 7) is 3.00. The van der Waals surface area contributed by atoms with Crippen molar-refractivity contribution in [1.29, 1.82) is 0 Å². The first-order valence-electron chi connectivity index (χ1n) is 5.58. The van der Waals surface area contributed by atoms with Crippen molar-refractivity contribution in [2.45, 2.75) is 31.5 Å². The SMILES string of the molecule is CCCCn1c([S-])nnc1-c1cccc(Cl)c1. The largest absolute Gasteiger partial charge is 0.740 e. The van der Waals surface area contributed by atoms with Gasteiger partial charge in [0.25, 0.3) is 0 Å². The van der Waals surface area contributed by atoms with Crippen LogP contribution in [-0.2, 0) is 19.2 Å². The minimum absolute atomic E-state index is 0.536. The van der Waals surface area contributed by atoms with Gasteiger partial charge in [-0.2, -0.15) is 5.10 Å². The molecule has 0 spiro atoms. The molecule has 0 saturated heterocycles. The number of hydrogen-bond donors (Lipinski definition) is 0.